The smallest absolute Gasteiger partial charge is 0.255 e. The first-order chi connectivity index (χ1) is 9.38. The topological polar surface area (TPSA) is 49.3 Å². The minimum atomic E-state index is -0.194. The molecule has 0 radical (unpaired) electrons. The van der Waals surface area contributed by atoms with Gasteiger partial charge >= 0.3 is 0 Å². The van der Waals surface area contributed by atoms with E-state index in [-0.39, 0.29) is 11.7 Å². The third-order valence-electron chi connectivity index (χ3n) is 3.13. The Morgan fingerprint density at radius 3 is 2.40 bits per heavy atom. The van der Waals surface area contributed by atoms with E-state index in [0.29, 0.717) is 11.1 Å². The maximum absolute atomic E-state index is 12.3. The van der Waals surface area contributed by atoms with Crippen molar-refractivity contribution in [2.75, 3.05) is 5.32 Å². The van der Waals surface area contributed by atoms with Crippen molar-refractivity contribution in [3.8, 4) is 5.75 Å². The molecule has 0 aliphatic heterocycles. The number of carbonyl (C=O) groups excluding carboxylic acids is 1. The van der Waals surface area contributed by atoms with E-state index in [1.807, 2.05) is 26.0 Å². The Hall–Kier alpha value is -1.81. The summed E-state index contributed by atoms with van der Waals surface area (Å²) in [4.78, 5) is 12.3. The van der Waals surface area contributed by atoms with Crippen LogP contribution in [-0.2, 0) is 0 Å². The van der Waals surface area contributed by atoms with E-state index in [1.54, 1.807) is 19.1 Å². The number of phenolic OH excluding ortho intramolecular Hbond substituents is 1. The van der Waals surface area contributed by atoms with Crippen LogP contribution >= 0.6 is 15.9 Å². The van der Waals surface area contributed by atoms with Crippen molar-refractivity contribution in [1.29, 1.82) is 0 Å². The Morgan fingerprint density at radius 1 is 1.10 bits per heavy atom. The highest BCUT2D eigenvalue weighted by atomic mass is 79.9. The van der Waals surface area contributed by atoms with Crippen molar-refractivity contribution < 1.29 is 9.90 Å². The highest BCUT2D eigenvalue weighted by molar-refractivity contribution is 9.10. The van der Waals surface area contributed by atoms with Crippen molar-refractivity contribution in [1.82, 2.24) is 0 Å². The quantitative estimate of drug-likeness (QED) is 0.859. The van der Waals surface area contributed by atoms with Crippen molar-refractivity contribution in [2.24, 2.45) is 0 Å². The second kappa shape index (κ2) is 5.67. The highest BCUT2D eigenvalue weighted by Crippen LogP contribution is 2.28. The molecule has 4 heteroatoms. The molecular weight excluding hydrogens is 318 g/mol. The molecule has 0 aliphatic rings. The number of anilines is 1. The first kappa shape index (κ1) is 14.6. The number of rotatable bonds is 2. The number of hydrogen-bond acceptors (Lipinski definition) is 2. The molecule has 0 spiro atoms. The fourth-order valence-electron chi connectivity index (χ4n) is 2.06. The van der Waals surface area contributed by atoms with Gasteiger partial charge in [-0.15, -0.1) is 0 Å². The fraction of sp³-hybridized carbons (Fsp3) is 0.188. The molecule has 0 atom stereocenters. The molecule has 2 aromatic rings. The predicted molar refractivity (Wildman–Crippen MR) is 84.4 cm³/mol. The molecule has 0 heterocycles. The van der Waals surface area contributed by atoms with Crippen molar-refractivity contribution in [3.63, 3.8) is 0 Å². The van der Waals surface area contributed by atoms with Gasteiger partial charge in [0.1, 0.15) is 5.75 Å². The highest BCUT2D eigenvalue weighted by Gasteiger charge is 2.12. The van der Waals surface area contributed by atoms with Crippen LogP contribution in [0.15, 0.2) is 34.8 Å². The number of halogens is 1. The van der Waals surface area contributed by atoms with E-state index in [2.05, 4.69) is 21.2 Å². The Kier molecular flexibility index (Phi) is 4.14. The maximum atomic E-state index is 12.3. The van der Waals surface area contributed by atoms with Crippen LogP contribution < -0.4 is 5.32 Å². The lowest BCUT2D eigenvalue weighted by Gasteiger charge is -2.12. The Balaban J connectivity index is 2.30. The van der Waals surface area contributed by atoms with E-state index in [1.165, 1.54) is 6.07 Å². The van der Waals surface area contributed by atoms with Crippen molar-refractivity contribution in [3.05, 3.63) is 57.1 Å². The predicted octanol–water partition coefficient (Wildman–Crippen LogP) is 4.33. The summed E-state index contributed by atoms with van der Waals surface area (Å²) in [6.45, 7) is 5.72. The van der Waals surface area contributed by atoms with Gasteiger partial charge in [0.2, 0.25) is 0 Å². The molecule has 104 valence electrons. The summed E-state index contributed by atoms with van der Waals surface area (Å²) in [5.74, 6) is -0.00463. The Labute approximate surface area is 126 Å². The number of aryl methyl sites for hydroxylation is 3. The summed E-state index contributed by atoms with van der Waals surface area (Å²) >= 11 is 3.47. The van der Waals surface area contributed by atoms with Crippen LogP contribution in [0.2, 0.25) is 0 Å². The first-order valence-electron chi connectivity index (χ1n) is 6.26. The molecule has 3 nitrogen and oxygen atoms in total. The molecular formula is C16H16BrNO2. The van der Waals surface area contributed by atoms with Crippen molar-refractivity contribution >= 4 is 27.5 Å². The van der Waals surface area contributed by atoms with E-state index in [4.69, 9.17) is 0 Å². The summed E-state index contributed by atoms with van der Waals surface area (Å²) in [6, 6.07) is 8.78. The fourth-order valence-corrected chi connectivity index (χ4v) is 2.83. The second-order valence-electron chi connectivity index (χ2n) is 4.89. The number of phenols is 1. The normalized spacial score (nSPS) is 10.4. The third-order valence-corrected chi connectivity index (χ3v) is 3.75. The van der Waals surface area contributed by atoms with Gasteiger partial charge in [0.05, 0.1) is 5.69 Å². The molecule has 0 aliphatic carbocycles. The number of hydrogen-bond donors (Lipinski definition) is 2. The van der Waals surface area contributed by atoms with Crippen LogP contribution in [0.4, 0.5) is 5.69 Å². The van der Waals surface area contributed by atoms with Crippen LogP contribution in [0.3, 0.4) is 0 Å². The monoisotopic (exact) mass is 333 g/mol. The van der Waals surface area contributed by atoms with E-state index in [0.717, 1.165) is 21.3 Å². The van der Waals surface area contributed by atoms with Gasteiger partial charge in [-0.3, -0.25) is 4.79 Å². The first-order valence-corrected chi connectivity index (χ1v) is 7.05. The molecule has 2 aromatic carbocycles. The number of nitrogens with one attached hydrogen (secondary N) is 1. The van der Waals surface area contributed by atoms with Crippen LogP contribution in [-0.4, -0.2) is 11.0 Å². The van der Waals surface area contributed by atoms with Gasteiger partial charge in [-0.1, -0.05) is 6.07 Å². The Morgan fingerprint density at radius 2 is 1.80 bits per heavy atom. The minimum absolute atomic E-state index is 0.189. The minimum Gasteiger partial charge on any atom is -0.508 e. The molecule has 0 saturated carbocycles. The molecule has 0 aromatic heterocycles. The summed E-state index contributed by atoms with van der Waals surface area (Å²) in [7, 11) is 0. The zero-order valence-electron chi connectivity index (χ0n) is 11.6. The standard InChI is InChI=1S/C16H16BrNO2/c1-9-6-11(3)15(13(17)7-9)18-16(20)12-4-5-14(19)10(2)8-12/h4-8,19H,1-3H3,(H,18,20). The summed E-state index contributed by atoms with van der Waals surface area (Å²) in [5.41, 5.74) is 4.10. The molecule has 0 saturated heterocycles. The SMILES string of the molecule is Cc1cc(C)c(NC(=O)c2ccc(O)c(C)c2)c(Br)c1. The summed E-state index contributed by atoms with van der Waals surface area (Å²) in [6.07, 6.45) is 0. The van der Waals surface area contributed by atoms with E-state index < -0.39 is 0 Å². The zero-order valence-corrected chi connectivity index (χ0v) is 13.2. The number of carbonyl (C=O) groups is 1. The molecule has 20 heavy (non-hydrogen) atoms. The maximum Gasteiger partial charge on any atom is 0.255 e. The van der Waals surface area contributed by atoms with Gasteiger partial charge in [0, 0.05) is 10.0 Å². The summed E-state index contributed by atoms with van der Waals surface area (Å²) < 4.78 is 0.860. The van der Waals surface area contributed by atoms with Gasteiger partial charge in [-0.05, 0) is 77.7 Å². The van der Waals surface area contributed by atoms with Crippen molar-refractivity contribution in [2.45, 2.75) is 20.8 Å². The zero-order chi connectivity index (χ0) is 14.9. The molecule has 2 rings (SSSR count). The summed E-state index contributed by atoms with van der Waals surface area (Å²) in [5, 5.41) is 12.4. The molecule has 1 amide bonds. The lowest BCUT2D eigenvalue weighted by atomic mass is 10.1. The number of benzene rings is 2. The molecule has 2 N–H and O–H groups in total. The van der Waals surface area contributed by atoms with E-state index >= 15 is 0 Å². The average molecular weight is 334 g/mol. The van der Waals surface area contributed by atoms with Gasteiger partial charge in [0.15, 0.2) is 0 Å². The third kappa shape index (κ3) is 3.02. The molecule has 0 fully saturated rings. The lowest BCUT2D eigenvalue weighted by Crippen LogP contribution is -2.13. The van der Waals surface area contributed by atoms with Crippen LogP contribution in [0, 0.1) is 20.8 Å². The van der Waals surface area contributed by atoms with Crippen LogP contribution in [0.1, 0.15) is 27.0 Å². The largest absolute Gasteiger partial charge is 0.508 e. The van der Waals surface area contributed by atoms with Crippen LogP contribution in [0.5, 0.6) is 5.75 Å². The van der Waals surface area contributed by atoms with Crippen LogP contribution in [0.25, 0.3) is 0 Å². The van der Waals surface area contributed by atoms with Gasteiger partial charge in [-0.2, -0.15) is 0 Å². The van der Waals surface area contributed by atoms with Gasteiger partial charge < -0.3 is 10.4 Å². The average Bonchev–Trinajstić information content (AvgIpc) is 2.36. The lowest BCUT2D eigenvalue weighted by molar-refractivity contribution is 0.102. The van der Waals surface area contributed by atoms with Gasteiger partial charge in [-0.25, -0.2) is 0 Å². The molecule has 0 unspecified atom stereocenters. The van der Waals surface area contributed by atoms with Gasteiger partial charge in [0.25, 0.3) is 5.91 Å². The van der Waals surface area contributed by atoms with E-state index in [9.17, 15) is 9.90 Å². The second-order valence-corrected chi connectivity index (χ2v) is 5.75. The number of aromatic hydroxyl groups is 1. The molecule has 0 bridgehead atoms. The number of amides is 1. The Bertz CT molecular complexity index is 657.